The van der Waals surface area contributed by atoms with E-state index in [1.165, 1.54) is 0 Å². The first kappa shape index (κ1) is 17.5. The summed E-state index contributed by atoms with van der Waals surface area (Å²) in [6, 6.07) is 13.4. The molecule has 0 saturated carbocycles. The normalized spacial score (nSPS) is 12.6. The minimum atomic E-state index is -0.756. The fourth-order valence-electron chi connectivity index (χ4n) is 2.20. The molecule has 5 heteroatoms. The van der Waals surface area contributed by atoms with Gasteiger partial charge in [0.1, 0.15) is 0 Å². The van der Waals surface area contributed by atoms with Gasteiger partial charge in [-0.25, -0.2) is 0 Å². The van der Waals surface area contributed by atoms with E-state index in [9.17, 15) is 4.79 Å². The third-order valence-electron chi connectivity index (χ3n) is 3.76. The van der Waals surface area contributed by atoms with Crippen molar-refractivity contribution in [1.29, 1.82) is 0 Å². The van der Waals surface area contributed by atoms with E-state index in [1.807, 2.05) is 63.2 Å². The molecule has 0 unspecified atom stereocenters. The number of para-hydroxylation sites is 1. The molecule has 1 amide bonds. The van der Waals surface area contributed by atoms with E-state index in [4.69, 9.17) is 10.6 Å². The van der Waals surface area contributed by atoms with Crippen molar-refractivity contribution >= 4 is 17.4 Å². The lowest BCUT2D eigenvalue weighted by molar-refractivity contribution is -0.126. The molecule has 1 atom stereocenters. The summed E-state index contributed by atoms with van der Waals surface area (Å²) in [5.41, 5.74) is 10.6. The molecule has 0 saturated heterocycles. The maximum absolute atomic E-state index is 12.3. The Morgan fingerprint density at radius 2 is 1.67 bits per heavy atom. The van der Waals surface area contributed by atoms with Crippen molar-refractivity contribution in [2.45, 2.75) is 33.8 Å². The van der Waals surface area contributed by atoms with E-state index in [1.54, 1.807) is 6.92 Å². The van der Waals surface area contributed by atoms with Crippen LogP contribution in [0, 0.1) is 20.8 Å². The Hall–Kier alpha value is -2.82. The number of benzene rings is 2. The van der Waals surface area contributed by atoms with Gasteiger partial charge in [-0.15, -0.1) is 0 Å². The highest BCUT2D eigenvalue weighted by molar-refractivity contribution is 5.97. The fraction of sp³-hybridized carbons (Fsp3) is 0.263. The van der Waals surface area contributed by atoms with E-state index in [-0.39, 0.29) is 11.7 Å². The van der Waals surface area contributed by atoms with Crippen LogP contribution in [-0.2, 0) is 9.63 Å². The van der Waals surface area contributed by atoms with Gasteiger partial charge in [0.2, 0.25) is 6.10 Å². The van der Waals surface area contributed by atoms with Gasteiger partial charge in [0.15, 0.2) is 5.84 Å². The largest absolute Gasteiger partial charge is 0.381 e. The van der Waals surface area contributed by atoms with Gasteiger partial charge in [-0.2, -0.15) is 0 Å². The van der Waals surface area contributed by atoms with Crippen LogP contribution in [0.15, 0.2) is 47.6 Å². The zero-order chi connectivity index (χ0) is 17.7. The average molecular weight is 325 g/mol. The summed E-state index contributed by atoms with van der Waals surface area (Å²) in [5.74, 6) is -0.0328. The Balaban J connectivity index is 2.01. The number of oxime groups is 1. The number of hydrogen-bond donors (Lipinski definition) is 2. The van der Waals surface area contributed by atoms with E-state index in [0.29, 0.717) is 0 Å². The van der Waals surface area contributed by atoms with Crippen molar-refractivity contribution in [2.24, 2.45) is 10.9 Å². The van der Waals surface area contributed by atoms with Crippen molar-refractivity contribution in [1.82, 2.24) is 0 Å². The summed E-state index contributed by atoms with van der Waals surface area (Å²) in [7, 11) is 0. The smallest absolute Gasteiger partial charge is 0.268 e. The molecule has 0 spiro atoms. The van der Waals surface area contributed by atoms with Gasteiger partial charge in [0.05, 0.1) is 0 Å². The van der Waals surface area contributed by atoms with Crippen LogP contribution in [0.3, 0.4) is 0 Å². The molecule has 0 aliphatic rings. The molecular weight excluding hydrogens is 302 g/mol. The lowest BCUT2D eigenvalue weighted by Gasteiger charge is -2.14. The second-order valence-corrected chi connectivity index (χ2v) is 5.85. The quantitative estimate of drug-likeness (QED) is 0.503. The van der Waals surface area contributed by atoms with Crippen LogP contribution in [0.4, 0.5) is 5.69 Å². The zero-order valence-electron chi connectivity index (χ0n) is 14.5. The zero-order valence-corrected chi connectivity index (χ0v) is 14.5. The van der Waals surface area contributed by atoms with Crippen LogP contribution in [0.1, 0.15) is 29.2 Å². The third kappa shape index (κ3) is 4.35. The van der Waals surface area contributed by atoms with E-state index >= 15 is 0 Å². The summed E-state index contributed by atoms with van der Waals surface area (Å²) in [6.45, 7) is 7.52. The molecule has 0 fully saturated rings. The van der Waals surface area contributed by atoms with Crippen molar-refractivity contribution < 1.29 is 9.63 Å². The fourth-order valence-corrected chi connectivity index (χ4v) is 2.20. The number of amides is 1. The van der Waals surface area contributed by atoms with Crippen LogP contribution in [0.5, 0.6) is 0 Å². The number of carbonyl (C=O) groups is 1. The number of rotatable bonds is 5. The number of hydrogen-bond acceptors (Lipinski definition) is 3. The summed E-state index contributed by atoms with van der Waals surface area (Å²) in [6.07, 6.45) is -0.756. The number of nitrogens with two attached hydrogens (primary N) is 1. The first-order valence-corrected chi connectivity index (χ1v) is 7.82. The number of nitrogens with zero attached hydrogens (tertiary/aromatic N) is 1. The molecule has 24 heavy (non-hydrogen) atoms. The molecule has 2 aromatic carbocycles. The maximum atomic E-state index is 12.3. The van der Waals surface area contributed by atoms with E-state index < -0.39 is 6.10 Å². The van der Waals surface area contributed by atoms with Crippen LogP contribution in [0.25, 0.3) is 0 Å². The average Bonchev–Trinajstić information content (AvgIpc) is 2.56. The summed E-state index contributed by atoms with van der Waals surface area (Å²) in [5, 5.41) is 6.74. The Morgan fingerprint density at radius 3 is 2.25 bits per heavy atom. The van der Waals surface area contributed by atoms with Gasteiger partial charge in [-0.1, -0.05) is 53.2 Å². The molecule has 2 rings (SSSR count). The van der Waals surface area contributed by atoms with Crippen LogP contribution in [-0.4, -0.2) is 17.8 Å². The molecule has 0 aromatic heterocycles. The molecule has 0 radical (unpaired) electrons. The Bertz CT molecular complexity index is 731. The highest BCUT2D eigenvalue weighted by Crippen LogP contribution is 2.19. The SMILES string of the molecule is Cc1ccc(/C(N)=N/O[C@H](C)C(=O)Nc2c(C)cccc2C)cc1. The minimum Gasteiger partial charge on any atom is -0.381 e. The lowest BCUT2D eigenvalue weighted by atomic mass is 10.1. The Kier molecular flexibility index (Phi) is 5.58. The maximum Gasteiger partial charge on any atom is 0.268 e. The Labute approximate surface area is 142 Å². The van der Waals surface area contributed by atoms with Crippen molar-refractivity contribution in [2.75, 3.05) is 5.32 Å². The summed E-state index contributed by atoms with van der Waals surface area (Å²) >= 11 is 0. The second kappa shape index (κ2) is 7.64. The molecule has 126 valence electrons. The lowest BCUT2D eigenvalue weighted by Crippen LogP contribution is -2.28. The highest BCUT2D eigenvalue weighted by Gasteiger charge is 2.16. The van der Waals surface area contributed by atoms with E-state index in [0.717, 1.165) is 27.9 Å². The van der Waals surface area contributed by atoms with Crippen molar-refractivity contribution in [3.8, 4) is 0 Å². The predicted molar refractivity (Wildman–Crippen MR) is 97.0 cm³/mol. The highest BCUT2D eigenvalue weighted by atomic mass is 16.6. The number of amidine groups is 1. The molecule has 0 heterocycles. The molecule has 0 aliphatic carbocycles. The van der Waals surface area contributed by atoms with Gasteiger partial charge in [-0.3, -0.25) is 4.79 Å². The standard InChI is InChI=1S/C19H23N3O2/c1-12-8-10-16(11-9-12)18(20)22-24-15(4)19(23)21-17-13(2)6-5-7-14(17)3/h5-11,15H,1-4H3,(H2,20,22)(H,21,23)/t15-/m1/s1. The first-order valence-electron chi connectivity index (χ1n) is 7.82. The number of aryl methyl sites for hydroxylation is 3. The van der Waals surface area contributed by atoms with Gasteiger partial charge < -0.3 is 15.9 Å². The van der Waals surface area contributed by atoms with Gasteiger partial charge in [-0.05, 0) is 38.8 Å². The summed E-state index contributed by atoms with van der Waals surface area (Å²) < 4.78 is 0. The van der Waals surface area contributed by atoms with Crippen molar-refractivity contribution in [3.63, 3.8) is 0 Å². The van der Waals surface area contributed by atoms with Crippen molar-refractivity contribution in [3.05, 3.63) is 64.7 Å². The van der Waals surface area contributed by atoms with E-state index in [2.05, 4.69) is 10.5 Å². The molecule has 3 N–H and O–H groups in total. The molecule has 0 bridgehead atoms. The topological polar surface area (TPSA) is 76.7 Å². The predicted octanol–water partition coefficient (Wildman–Crippen LogP) is 3.28. The van der Waals surface area contributed by atoms with Gasteiger partial charge in [0, 0.05) is 11.3 Å². The molecule has 2 aromatic rings. The molecule has 0 aliphatic heterocycles. The van der Waals surface area contributed by atoms with Crippen LogP contribution in [0.2, 0.25) is 0 Å². The second-order valence-electron chi connectivity index (χ2n) is 5.85. The van der Waals surface area contributed by atoms with Gasteiger partial charge >= 0.3 is 0 Å². The van der Waals surface area contributed by atoms with Crippen LogP contribution < -0.4 is 11.1 Å². The number of nitrogens with one attached hydrogen (secondary N) is 1. The monoisotopic (exact) mass is 325 g/mol. The van der Waals surface area contributed by atoms with Crippen LogP contribution >= 0.6 is 0 Å². The third-order valence-corrected chi connectivity index (χ3v) is 3.76. The Morgan fingerprint density at radius 1 is 1.08 bits per heavy atom. The summed E-state index contributed by atoms with van der Waals surface area (Å²) in [4.78, 5) is 17.5. The molecular formula is C19H23N3O2. The van der Waals surface area contributed by atoms with Gasteiger partial charge in [0.25, 0.3) is 5.91 Å². The number of carbonyl (C=O) groups excluding carboxylic acids is 1. The minimum absolute atomic E-state index is 0.238. The molecule has 5 nitrogen and oxygen atoms in total. The first-order chi connectivity index (χ1) is 11.4. The number of anilines is 1.